The highest BCUT2D eigenvalue weighted by Crippen LogP contribution is 2.29. The van der Waals surface area contributed by atoms with Gasteiger partial charge in [0.05, 0.1) is 0 Å². The molecule has 0 atom stereocenters. The van der Waals surface area contributed by atoms with Gasteiger partial charge in [-0.3, -0.25) is 9.59 Å². The van der Waals surface area contributed by atoms with E-state index in [0.29, 0.717) is 5.56 Å². The molecule has 0 aliphatic rings. The Morgan fingerprint density at radius 3 is 2.62 bits per heavy atom. The van der Waals surface area contributed by atoms with Crippen LogP contribution < -0.4 is 5.56 Å². The molecule has 0 bridgehead atoms. The number of benzene rings is 1. The van der Waals surface area contributed by atoms with Crippen LogP contribution in [-0.4, -0.2) is 32.6 Å². The molecule has 2 aromatic heterocycles. The smallest absolute Gasteiger partial charge is 0.340 e. The molecule has 0 saturated carbocycles. The van der Waals surface area contributed by atoms with Crippen molar-refractivity contribution in [2.24, 2.45) is 0 Å². The average Bonchev–Trinajstić information content (AvgIpc) is 3.14. The summed E-state index contributed by atoms with van der Waals surface area (Å²) in [5.74, 6) is -2.75. The second-order valence-corrected chi connectivity index (χ2v) is 6.18. The lowest BCUT2D eigenvalue weighted by Gasteiger charge is -2.18. The van der Waals surface area contributed by atoms with Crippen LogP contribution in [0, 0.1) is 5.82 Å². The van der Waals surface area contributed by atoms with Gasteiger partial charge in [-0.05, 0) is 23.8 Å². The molecule has 3 aromatic rings. The van der Waals surface area contributed by atoms with E-state index in [9.17, 15) is 27.2 Å². The van der Waals surface area contributed by atoms with E-state index in [-0.39, 0.29) is 18.7 Å². The summed E-state index contributed by atoms with van der Waals surface area (Å²) >= 11 is 0. The number of carbonyl (C=O) groups is 1. The van der Waals surface area contributed by atoms with Crippen LogP contribution in [0.4, 0.5) is 17.6 Å². The largest absolute Gasteiger partial charge is 0.471 e. The quantitative estimate of drug-likeness (QED) is 0.605. The molecule has 0 unspecified atom stereocenters. The van der Waals surface area contributed by atoms with Crippen LogP contribution in [0.1, 0.15) is 11.5 Å². The molecule has 7 nitrogen and oxygen atoms in total. The molecule has 0 fully saturated rings. The third kappa shape index (κ3) is 4.86. The van der Waals surface area contributed by atoms with Crippen molar-refractivity contribution in [2.45, 2.75) is 19.3 Å². The van der Waals surface area contributed by atoms with E-state index in [0.717, 1.165) is 10.6 Å². The number of likely N-dealkylation sites (N-methyl/N-ethyl adjacent to an activating group) is 1. The number of amides is 1. The van der Waals surface area contributed by atoms with Gasteiger partial charge in [-0.1, -0.05) is 17.3 Å². The molecule has 0 aliphatic heterocycles. The lowest BCUT2D eigenvalue weighted by molar-refractivity contribution is -0.159. The first-order valence-electron chi connectivity index (χ1n) is 8.23. The van der Waals surface area contributed by atoms with Crippen LogP contribution in [0.3, 0.4) is 0 Å². The van der Waals surface area contributed by atoms with Gasteiger partial charge in [0, 0.05) is 31.4 Å². The van der Waals surface area contributed by atoms with Crippen LogP contribution >= 0.6 is 0 Å². The molecule has 11 heteroatoms. The Morgan fingerprint density at radius 1 is 1.24 bits per heavy atom. The van der Waals surface area contributed by atoms with Gasteiger partial charge in [0.15, 0.2) is 0 Å². The van der Waals surface area contributed by atoms with E-state index in [1.165, 1.54) is 42.4 Å². The number of alkyl halides is 3. The minimum absolute atomic E-state index is 0.0195. The summed E-state index contributed by atoms with van der Waals surface area (Å²) in [6, 6.07) is 8.07. The van der Waals surface area contributed by atoms with Gasteiger partial charge >= 0.3 is 12.1 Å². The van der Waals surface area contributed by atoms with Crippen molar-refractivity contribution < 1.29 is 26.9 Å². The van der Waals surface area contributed by atoms with E-state index < -0.39 is 35.2 Å². The zero-order valence-corrected chi connectivity index (χ0v) is 15.0. The average molecular weight is 410 g/mol. The topological polar surface area (TPSA) is 81.2 Å². The Hall–Kier alpha value is -3.50. The van der Waals surface area contributed by atoms with Gasteiger partial charge in [-0.15, -0.1) is 0 Å². The molecule has 29 heavy (non-hydrogen) atoms. The fourth-order valence-electron chi connectivity index (χ4n) is 2.50. The molecule has 0 radical (unpaired) electrons. The van der Waals surface area contributed by atoms with E-state index in [4.69, 9.17) is 0 Å². The van der Waals surface area contributed by atoms with Gasteiger partial charge in [-0.25, -0.2) is 4.39 Å². The Morgan fingerprint density at radius 2 is 2.00 bits per heavy atom. The Labute approximate surface area is 161 Å². The maximum atomic E-state index is 13.2. The highest BCUT2D eigenvalue weighted by atomic mass is 19.4. The maximum absolute atomic E-state index is 13.2. The van der Waals surface area contributed by atoms with Crippen molar-refractivity contribution in [3.8, 4) is 11.4 Å². The fourth-order valence-corrected chi connectivity index (χ4v) is 2.50. The first-order chi connectivity index (χ1) is 13.6. The molecule has 152 valence electrons. The number of hydrogen-bond acceptors (Lipinski definition) is 5. The number of hydrogen-bond donors (Lipinski definition) is 0. The zero-order chi connectivity index (χ0) is 21.2. The second-order valence-electron chi connectivity index (χ2n) is 6.18. The second kappa shape index (κ2) is 7.86. The molecule has 0 aliphatic carbocycles. The SMILES string of the molecule is CN(Cc1cccc(F)c1)C(=O)Cn1ccc(-c2noc(C(F)(F)F)n2)cc1=O. The van der Waals surface area contributed by atoms with E-state index >= 15 is 0 Å². The molecule has 1 amide bonds. The Kier molecular flexibility index (Phi) is 5.48. The fraction of sp³-hybridized carbons (Fsp3) is 0.222. The van der Waals surface area contributed by atoms with Crippen molar-refractivity contribution in [1.82, 2.24) is 19.6 Å². The summed E-state index contributed by atoms with van der Waals surface area (Å²) in [6.45, 7) is -0.155. The van der Waals surface area contributed by atoms with Gasteiger partial charge < -0.3 is 14.0 Å². The number of halogens is 4. The minimum Gasteiger partial charge on any atom is -0.340 e. The van der Waals surface area contributed by atoms with E-state index in [2.05, 4.69) is 14.7 Å². The minimum atomic E-state index is -4.79. The summed E-state index contributed by atoms with van der Waals surface area (Å²) in [4.78, 5) is 29.1. The van der Waals surface area contributed by atoms with Gasteiger partial charge in [0.1, 0.15) is 12.4 Å². The van der Waals surface area contributed by atoms with E-state index in [1.807, 2.05) is 0 Å². The number of nitrogens with zero attached hydrogens (tertiary/aromatic N) is 4. The Bertz CT molecular complexity index is 1090. The molecular formula is C18H14F4N4O3. The van der Waals surface area contributed by atoms with Crippen molar-refractivity contribution >= 4 is 5.91 Å². The molecule has 1 aromatic carbocycles. The first kappa shape index (κ1) is 20.2. The van der Waals surface area contributed by atoms with Gasteiger partial charge in [0.2, 0.25) is 11.7 Å². The van der Waals surface area contributed by atoms with Crippen LogP contribution in [0.25, 0.3) is 11.4 Å². The summed E-state index contributed by atoms with van der Waals surface area (Å²) in [6.07, 6.45) is -3.55. The highest BCUT2D eigenvalue weighted by molar-refractivity contribution is 5.75. The van der Waals surface area contributed by atoms with Crippen molar-refractivity contribution in [2.75, 3.05) is 7.05 Å². The Balaban J connectivity index is 1.71. The zero-order valence-electron chi connectivity index (χ0n) is 15.0. The number of pyridine rings is 1. The summed E-state index contributed by atoms with van der Waals surface area (Å²) < 4.78 is 56.0. The number of carbonyl (C=O) groups excluding carboxylic acids is 1. The summed E-state index contributed by atoms with van der Waals surface area (Å²) in [7, 11) is 1.50. The predicted molar refractivity (Wildman–Crippen MR) is 91.9 cm³/mol. The molecule has 0 spiro atoms. The first-order valence-corrected chi connectivity index (χ1v) is 8.23. The summed E-state index contributed by atoms with van der Waals surface area (Å²) in [5, 5.41) is 3.21. The monoisotopic (exact) mass is 410 g/mol. The summed E-state index contributed by atoms with van der Waals surface area (Å²) in [5.41, 5.74) is -0.0273. The van der Waals surface area contributed by atoms with Crippen LogP contribution in [0.5, 0.6) is 0 Å². The van der Waals surface area contributed by atoms with Crippen molar-refractivity contribution in [1.29, 1.82) is 0 Å². The van der Waals surface area contributed by atoms with Crippen LogP contribution in [0.15, 0.2) is 51.9 Å². The van der Waals surface area contributed by atoms with Gasteiger partial charge in [-0.2, -0.15) is 18.2 Å². The lowest BCUT2D eigenvalue weighted by Crippen LogP contribution is -2.33. The molecule has 3 rings (SSSR count). The third-order valence-corrected chi connectivity index (χ3v) is 3.96. The molecule has 0 N–H and O–H groups in total. The van der Waals surface area contributed by atoms with Gasteiger partial charge in [0.25, 0.3) is 5.56 Å². The van der Waals surface area contributed by atoms with Crippen LogP contribution in [0.2, 0.25) is 0 Å². The molecule has 2 heterocycles. The maximum Gasteiger partial charge on any atom is 0.471 e. The molecule has 0 saturated heterocycles. The third-order valence-electron chi connectivity index (χ3n) is 3.96. The predicted octanol–water partition coefficient (Wildman–Crippen LogP) is 2.71. The lowest BCUT2D eigenvalue weighted by atomic mass is 10.2. The standard InChI is InChI=1S/C18H14F4N4O3/c1-25(9-11-3-2-4-13(19)7-11)15(28)10-26-6-5-12(8-14(26)27)16-23-17(29-24-16)18(20,21)22/h2-8H,9-10H2,1H3. The van der Waals surface area contributed by atoms with Crippen molar-refractivity contribution in [3.05, 3.63) is 70.2 Å². The van der Waals surface area contributed by atoms with E-state index in [1.54, 1.807) is 6.07 Å². The highest BCUT2D eigenvalue weighted by Gasteiger charge is 2.38. The normalized spacial score (nSPS) is 11.5. The number of rotatable bonds is 5. The van der Waals surface area contributed by atoms with Crippen LogP contribution in [-0.2, 0) is 24.1 Å². The molecular weight excluding hydrogens is 396 g/mol. The number of aromatic nitrogens is 3. The van der Waals surface area contributed by atoms with Crippen molar-refractivity contribution in [3.63, 3.8) is 0 Å².